The summed E-state index contributed by atoms with van der Waals surface area (Å²) in [5, 5.41) is 3.09. The lowest BCUT2D eigenvalue weighted by Gasteiger charge is -2.38. The van der Waals surface area contributed by atoms with Crippen LogP contribution in [0, 0.1) is 5.82 Å². The first-order valence-electron chi connectivity index (χ1n) is 6.44. The van der Waals surface area contributed by atoms with Crippen molar-refractivity contribution in [3.8, 4) is 0 Å². The Morgan fingerprint density at radius 2 is 2.00 bits per heavy atom. The number of anilines is 1. The van der Waals surface area contributed by atoms with Gasteiger partial charge in [-0.2, -0.15) is 0 Å². The van der Waals surface area contributed by atoms with Gasteiger partial charge in [-0.25, -0.2) is 4.39 Å². The molecule has 3 nitrogen and oxygen atoms in total. The molecule has 0 bridgehead atoms. The predicted octanol–water partition coefficient (Wildman–Crippen LogP) is 2.16. The maximum atomic E-state index is 14.1. The number of morpholine rings is 1. The first-order chi connectivity index (χ1) is 8.61. The predicted molar refractivity (Wildman–Crippen MR) is 71.4 cm³/mol. The largest absolute Gasteiger partial charge is 0.372 e. The molecule has 0 saturated carbocycles. The van der Waals surface area contributed by atoms with Crippen LogP contribution < -0.4 is 10.2 Å². The highest BCUT2D eigenvalue weighted by Crippen LogP contribution is 2.27. The highest BCUT2D eigenvalue weighted by molar-refractivity contribution is 5.55. The number of benzene rings is 1. The summed E-state index contributed by atoms with van der Waals surface area (Å²) in [6.07, 6.45) is 0.270. The Kier molecular flexibility index (Phi) is 4.19. The summed E-state index contributed by atoms with van der Waals surface area (Å²) in [6.45, 7) is 6.21. The maximum absolute atomic E-state index is 14.1. The molecule has 1 aliphatic heterocycles. The fourth-order valence-corrected chi connectivity index (χ4v) is 2.61. The zero-order chi connectivity index (χ0) is 13.1. The summed E-state index contributed by atoms with van der Waals surface area (Å²) in [5.41, 5.74) is 1.72. The highest BCUT2D eigenvalue weighted by atomic mass is 19.1. The SMILES string of the molecule is CNCc1cccc(F)c1N1C[C@@H](C)O[C@@H](C)C1. The molecule has 0 radical (unpaired) electrons. The lowest BCUT2D eigenvalue weighted by molar-refractivity contribution is -0.00544. The van der Waals surface area contributed by atoms with Gasteiger partial charge in [0.2, 0.25) is 0 Å². The van der Waals surface area contributed by atoms with E-state index in [-0.39, 0.29) is 18.0 Å². The standard InChI is InChI=1S/C14H21FN2O/c1-10-8-17(9-11(2)18-10)14-12(7-16-3)5-4-6-13(14)15/h4-6,10-11,16H,7-9H2,1-3H3/t10-,11+. The van der Waals surface area contributed by atoms with Crippen LogP contribution in [0.5, 0.6) is 0 Å². The molecule has 0 unspecified atom stereocenters. The van der Waals surface area contributed by atoms with Crippen LogP contribution in [0.15, 0.2) is 18.2 Å². The first kappa shape index (κ1) is 13.3. The van der Waals surface area contributed by atoms with Gasteiger partial charge < -0.3 is 15.0 Å². The van der Waals surface area contributed by atoms with E-state index in [0.29, 0.717) is 12.2 Å². The number of ether oxygens (including phenoxy) is 1. The number of rotatable bonds is 3. The summed E-state index contributed by atoms with van der Waals surface area (Å²) in [7, 11) is 1.87. The number of hydrogen-bond donors (Lipinski definition) is 1. The van der Waals surface area contributed by atoms with E-state index in [1.165, 1.54) is 6.07 Å². The Morgan fingerprint density at radius 1 is 1.33 bits per heavy atom. The van der Waals surface area contributed by atoms with Gasteiger partial charge in [0.25, 0.3) is 0 Å². The number of para-hydroxylation sites is 1. The summed E-state index contributed by atoms with van der Waals surface area (Å²) in [6, 6.07) is 5.26. The minimum atomic E-state index is -0.149. The van der Waals surface area contributed by atoms with Gasteiger partial charge in [0.15, 0.2) is 0 Å². The molecule has 0 spiro atoms. The van der Waals surface area contributed by atoms with Gasteiger partial charge >= 0.3 is 0 Å². The van der Waals surface area contributed by atoms with Crippen molar-refractivity contribution >= 4 is 5.69 Å². The second kappa shape index (κ2) is 5.67. The summed E-state index contributed by atoms with van der Waals surface area (Å²) in [5.74, 6) is -0.149. The van der Waals surface area contributed by atoms with Crippen LogP contribution in [0.3, 0.4) is 0 Å². The molecule has 1 aliphatic rings. The van der Waals surface area contributed by atoms with Crippen LogP contribution in [0.4, 0.5) is 10.1 Å². The molecule has 1 aromatic carbocycles. The van der Waals surface area contributed by atoms with Gasteiger partial charge in [0, 0.05) is 19.6 Å². The topological polar surface area (TPSA) is 24.5 Å². The lowest BCUT2D eigenvalue weighted by Crippen LogP contribution is -2.46. The molecule has 100 valence electrons. The van der Waals surface area contributed by atoms with Gasteiger partial charge in [0.1, 0.15) is 5.82 Å². The molecule has 1 saturated heterocycles. The van der Waals surface area contributed by atoms with Crippen molar-refractivity contribution in [1.29, 1.82) is 0 Å². The van der Waals surface area contributed by atoms with Crippen molar-refractivity contribution in [3.63, 3.8) is 0 Å². The van der Waals surface area contributed by atoms with Crippen LogP contribution in [-0.2, 0) is 11.3 Å². The molecule has 0 aliphatic carbocycles. The van der Waals surface area contributed by atoms with Gasteiger partial charge in [-0.3, -0.25) is 0 Å². The third-order valence-corrected chi connectivity index (χ3v) is 3.17. The molecule has 2 rings (SSSR count). The number of nitrogens with one attached hydrogen (secondary N) is 1. The van der Waals surface area contributed by atoms with E-state index < -0.39 is 0 Å². The molecule has 1 heterocycles. The number of nitrogens with zero attached hydrogens (tertiary/aromatic N) is 1. The number of halogens is 1. The minimum Gasteiger partial charge on any atom is -0.372 e. The molecule has 0 amide bonds. The van der Waals surface area contributed by atoms with Crippen LogP contribution in [0.2, 0.25) is 0 Å². The first-order valence-corrected chi connectivity index (χ1v) is 6.44. The Morgan fingerprint density at radius 3 is 2.61 bits per heavy atom. The fourth-order valence-electron chi connectivity index (χ4n) is 2.61. The van der Waals surface area contributed by atoms with Gasteiger partial charge in [0.05, 0.1) is 17.9 Å². The van der Waals surface area contributed by atoms with Gasteiger partial charge in [-0.05, 0) is 32.5 Å². The summed E-state index contributed by atoms with van der Waals surface area (Å²) < 4.78 is 19.8. The Labute approximate surface area is 108 Å². The molecule has 2 atom stereocenters. The van der Waals surface area contributed by atoms with Crippen molar-refractivity contribution in [2.24, 2.45) is 0 Å². The van der Waals surface area contributed by atoms with E-state index in [1.807, 2.05) is 27.0 Å². The van der Waals surface area contributed by atoms with E-state index >= 15 is 0 Å². The van der Waals surface area contributed by atoms with Crippen LogP contribution >= 0.6 is 0 Å². The van der Waals surface area contributed by atoms with Crippen molar-refractivity contribution < 1.29 is 9.13 Å². The van der Waals surface area contributed by atoms with E-state index in [0.717, 1.165) is 18.7 Å². The van der Waals surface area contributed by atoms with Gasteiger partial charge in [-0.1, -0.05) is 12.1 Å². The zero-order valence-electron chi connectivity index (χ0n) is 11.2. The lowest BCUT2D eigenvalue weighted by atomic mass is 10.1. The van der Waals surface area contributed by atoms with Crippen molar-refractivity contribution in [1.82, 2.24) is 5.32 Å². The zero-order valence-corrected chi connectivity index (χ0v) is 11.2. The average Bonchev–Trinajstić information content (AvgIpc) is 2.28. The second-order valence-corrected chi connectivity index (χ2v) is 4.94. The Balaban J connectivity index is 2.30. The molecule has 1 N–H and O–H groups in total. The van der Waals surface area contributed by atoms with Crippen LogP contribution in [0.25, 0.3) is 0 Å². The van der Waals surface area contributed by atoms with Crippen LogP contribution in [0.1, 0.15) is 19.4 Å². The minimum absolute atomic E-state index is 0.135. The molecular weight excluding hydrogens is 231 g/mol. The average molecular weight is 252 g/mol. The monoisotopic (exact) mass is 252 g/mol. The normalized spacial score (nSPS) is 24.3. The van der Waals surface area contributed by atoms with Gasteiger partial charge in [-0.15, -0.1) is 0 Å². The van der Waals surface area contributed by atoms with E-state index in [1.54, 1.807) is 6.07 Å². The summed E-state index contributed by atoms with van der Waals surface area (Å²) >= 11 is 0. The quantitative estimate of drug-likeness (QED) is 0.892. The molecule has 18 heavy (non-hydrogen) atoms. The van der Waals surface area contributed by atoms with E-state index in [2.05, 4.69) is 10.2 Å². The third kappa shape index (κ3) is 2.82. The molecule has 4 heteroatoms. The van der Waals surface area contributed by atoms with E-state index in [9.17, 15) is 4.39 Å². The Hall–Kier alpha value is -1.13. The molecular formula is C14H21FN2O. The van der Waals surface area contributed by atoms with Crippen LogP contribution in [-0.4, -0.2) is 32.3 Å². The molecule has 1 fully saturated rings. The van der Waals surface area contributed by atoms with Crippen molar-refractivity contribution in [2.45, 2.75) is 32.6 Å². The third-order valence-electron chi connectivity index (χ3n) is 3.17. The fraction of sp³-hybridized carbons (Fsp3) is 0.571. The van der Waals surface area contributed by atoms with Crippen molar-refractivity contribution in [2.75, 3.05) is 25.0 Å². The van der Waals surface area contributed by atoms with E-state index in [4.69, 9.17) is 4.74 Å². The Bertz CT molecular complexity index is 401. The highest BCUT2D eigenvalue weighted by Gasteiger charge is 2.25. The second-order valence-electron chi connectivity index (χ2n) is 4.94. The smallest absolute Gasteiger partial charge is 0.146 e. The van der Waals surface area contributed by atoms with Crippen molar-refractivity contribution in [3.05, 3.63) is 29.6 Å². The summed E-state index contributed by atoms with van der Waals surface area (Å²) in [4.78, 5) is 2.10. The number of hydrogen-bond acceptors (Lipinski definition) is 3. The molecule has 1 aromatic rings. The molecule has 0 aromatic heterocycles. The maximum Gasteiger partial charge on any atom is 0.146 e.